The van der Waals surface area contributed by atoms with Crippen LogP contribution >= 0.6 is 0 Å². The van der Waals surface area contributed by atoms with Crippen LogP contribution in [0.5, 0.6) is 0 Å². The third-order valence-electron chi connectivity index (χ3n) is 8.08. The minimum atomic E-state index is -1.44. The van der Waals surface area contributed by atoms with E-state index in [1.54, 1.807) is 6.92 Å². The number of azide groups is 1. The summed E-state index contributed by atoms with van der Waals surface area (Å²) >= 11 is 0. The highest BCUT2D eigenvalue weighted by molar-refractivity contribution is 5.95. The van der Waals surface area contributed by atoms with Crippen molar-refractivity contribution in [1.29, 1.82) is 0 Å². The van der Waals surface area contributed by atoms with Crippen LogP contribution in [0.1, 0.15) is 90.9 Å². The van der Waals surface area contributed by atoms with Crippen molar-refractivity contribution in [3.05, 3.63) is 10.4 Å². The standard InChI is InChI=1S/C33H55N11O10/c1-20(6-3-4-15-41-44-37)31(53)40-18-24(48)9-12-29(51)39-17-23(47)10-13-30(52)42-26(19-45)27(49)16-22(8-11-28(34)50)32(54)43-25(21(2)46)7-5-14-38-33(35)36/h20,22,25-26,45H,3-19H2,1-2H3,(H2,34,50)(H,39,51)(H,40,53)(H,42,52)(H,43,54)(H4,35,36,38)/t20-,22+,25-,26-/m0/s1. The molecule has 4 atom stereocenters. The minimum Gasteiger partial charge on any atom is -0.394 e. The molecular formula is C33H55N11O10. The number of aliphatic imine (C=N–C) groups is 1. The number of nitrogens with one attached hydrogen (secondary N) is 4. The van der Waals surface area contributed by atoms with Crippen LogP contribution in [0.2, 0.25) is 0 Å². The SMILES string of the molecule is CC(=O)[C@H](CCCN=C(N)N)NC(=O)[C@H](CCC(N)=O)CC(=O)[C@H](CO)NC(=O)CCC(=O)CNC(=O)CCC(=O)CNC(=O)[C@@H](C)CCCCN=[N+]=[N-]. The topological polar surface area (TPSA) is 361 Å². The number of rotatable bonds is 31. The number of nitrogens with zero attached hydrogens (tertiary/aromatic N) is 4. The van der Waals surface area contributed by atoms with E-state index in [0.717, 1.165) is 0 Å². The van der Waals surface area contributed by atoms with E-state index in [4.69, 9.17) is 22.7 Å². The van der Waals surface area contributed by atoms with Crippen LogP contribution in [0.4, 0.5) is 0 Å². The van der Waals surface area contributed by atoms with E-state index in [9.17, 15) is 48.3 Å². The first kappa shape index (κ1) is 48.6. The smallest absolute Gasteiger partial charge is 0.224 e. The number of Topliss-reactive ketones (excluding diaryl/α,β-unsaturated/α-hetero) is 4. The van der Waals surface area contributed by atoms with Gasteiger partial charge in [0.15, 0.2) is 29.1 Å². The quantitative estimate of drug-likeness (QED) is 0.00996. The predicted molar refractivity (Wildman–Crippen MR) is 195 cm³/mol. The fraction of sp³-hybridized carbons (Fsp3) is 0.697. The molecule has 302 valence electrons. The first-order valence-electron chi connectivity index (χ1n) is 17.7. The molecule has 0 heterocycles. The molecule has 21 heteroatoms. The Morgan fingerprint density at radius 2 is 1.35 bits per heavy atom. The fourth-order valence-electron chi connectivity index (χ4n) is 4.83. The van der Waals surface area contributed by atoms with Gasteiger partial charge in [-0.3, -0.25) is 48.1 Å². The average molecular weight is 766 g/mol. The number of hydrogen-bond acceptors (Lipinski definition) is 12. The van der Waals surface area contributed by atoms with Gasteiger partial charge in [0.1, 0.15) is 6.04 Å². The van der Waals surface area contributed by atoms with Gasteiger partial charge in [0, 0.05) is 68.4 Å². The van der Waals surface area contributed by atoms with Crippen molar-refractivity contribution >= 4 is 58.6 Å². The Bertz CT molecular complexity index is 1390. The predicted octanol–water partition coefficient (Wildman–Crippen LogP) is -1.52. The van der Waals surface area contributed by atoms with E-state index in [2.05, 4.69) is 36.3 Å². The van der Waals surface area contributed by atoms with Crippen molar-refractivity contribution in [2.24, 2.45) is 39.1 Å². The maximum atomic E-state index is 13.1. The second-order valence-electron chi connectivity index (χ2n) is 12.7. The molecule has 11 N–H and O–H groups in total. The monoisotopic (exact) mass is 765 g/mol. The van der Waals surface area contributed by atoms with Gasteiger partial charge in [-0.25, -0.2) is 0 Å². The highest BCUT2D eigenvalue weighted by Gasteiger charge is 2.29. The summed E-state index contributed by atoms with van der Waals surface area (Å²) in [7, 11) is 0. The van der Waals surface area contributed by atoms with E-state index in [1.165, 1.54) is 6.92 Å². The molecule has 21 nitrogen and oxygen atoms in total. The van der Waals surface area contributed by atoms with Crippen molar-refractivity contribution in [1.82, 2.24) is 21.3 Å². The normalized spacial score (nSPS) is 12.7. The molecule has 0 unspecified atom stereocenters. The number of unbranched alkanes of at least 4 members (excludes halogenated alkanes) is 1. The van der Waals surface area contributed by atoms with Gasteiger partial charge >= 0.3 is 0 Å². The summed E-state index contributed by atoms with van der Waals surface area (Å²) in [6.07, 6.45) is 0.367. The summed E-state index contributed by atoms with van der Waals surface area (Å²) in [5, 5.41) is 22.9. The number of nitrogens with two attached hydrogens (primary N) is 3. The second kappa shape index (κ2) is 28.1. The van der Waals surface area contributed by atoms with Crippen molar-refractivity contribution < 1.29 is 48.3 Å². The van der Waals surface area contributed by atoms with Gasteiger partial charge in [-0.1, -0.05) is 18.5 Å². The Labute approximate surface area is 313 Å². The second-order valence-corrected chi connectivity index (χ2v) is 12.7. The van der Waals surface area contributed by atoms with Crippen LogP contribution < -0.4 is 38.5 Å². The molecule has 0 radical (unpaired) electrons. The number of aliphatic hydroxyl groups excluding tert-OH is 1. The van der Waals surface area contributed by atoms with Crippen LogP contribution in [-0.4, -0.2) is 109 Å². The van der Waals surface area contributed by atoms with Gasteiger partial charge in [0.2, 0.25) is 29.5 Å². The molecule has 0 aliphatic carbocycles. The molecule has 0 aromatic heterocycles. The lowest BCUT2D eigenvalue weighted by Gasteiger charge is -2.22. The summed E-state index contributed by atoms with van der Waals surface area (Å²) in [5.41, 5.74) is 24.1. The molecule has 0 spiro atoms. The molecule has 0 aliphatic heterocycles. The molecule has 0 rings (SSSR count). The maximum absolute atomic E-state index is 13.1. The lowest BCUT2D eigenvalue weighted by Crippen LogP contribution is -2.47. The molecule has 0 saturated heterocycles. The number of primary amides is 1. The molecular weight excluding hydrogens is 710 g/mol. The highest BCUT2D eigenvalue weighted by Crippen LogP contribution is 2.15. The summed E-state index contributed by atoms with van der Waals surface area (Å²) in [6, 6.07) is -2.37. The number of aliphatic hydroxyl groups is 1. The lowest BCUT2D eigenvalue weighted by atomic mass is 9.92. The van der Waals surface area contributed by atoms with Gasteiger partial charge in [-0.2, -0.15) is 0 Å². The van der Waals surface area contributed by atoms with Crippen LogP contribution in [-0.2, 0) is 43.2 Å². The first-order valence-corrected chi connectivity index (χ1v) is 17.7. The number of ketones is 4. The molecule has 54 heavy (non-hydrogen) atoms. The number of carbonyl (C=O) groups is 9. The third-order valence-corrected chi connectivity index (χ3v) is 8.08. The van der Waals surface area contributed by atoms with Gasteiger partial charge < -0.3 is 43.6 Å². The third kappa shape index (κ3) is 23.9. The number of guanidine groups is 1. The van der Waals surface area contributed by atoms with E-state index in [-0.39, 0.29) is 81.0 Å². The Morgan fingerprint density at radius 1 is 0.722 bits per heavy atom. The molecule has 0 bridgehead atoms. The summed E-state index contributed by atoms with van der Waals surface area (Å²) in [6.45, 7) is 2.00. The van der Waals surface area contributed by atoms with Gasteiger partial charge in [-0.05, 0) is 44.6 Å². The zero-order chi connectivity index (χ0) is 41.1. The van der Waals surface area contributed by atoms with Crippen LogP contribution in [0, 0.1) is 11.8 Å². The average Bonchev–Trinajstić information content (AvgIpc) is 3.12. The Balaban J connectivity index is 4.79. The minimum absolute atomic E-state index is 0.132. The molecule has 0 aromatic rings. The Morgan fingerprint density at radius 3 is 1.93 bits per heavy atom. The molecule has 0 saturated carbocycles. The lowest BCUT2D eigenvalue weighted by molar-refractivity contribution is -0.134. The van der Waals surface area contributed by atoms with E-state index in [1.807, 2.05) is 0 Å². The van der Waals surface area contributed by atoms with Gasteiger partial charge in [0.05, 0.1) is 25.7 Å². The van der Waals surface area contributed by atoms with Crippen molar-refractivity contribution in [2.75, 3.05) is 32.8 Å². The Kier molecular flexibility index (Phi) is 25.3. The van der Waals surface area contributed by atoms with E-state index < -0.39 is 79.2 Å². The molecule has 0 aliphatic rings. The van der Waals surface area contributed by atoms with Crippen LogP contribution in [0.15, 0.2) is 10.1 Å². The summed E-state index contributed by atoms with van der Waals surface area (Å²) in [5.74, 6) is -6.77. The zero-order valence-corrected chi connectivity index (χ0v) is 31.0. The number of hydrogen-bond donors (Lipinski definition) is 8. The Hall–Kier alpha value is -5.43. The van der Waals surface area contributed by atoms with Crippen molar-refractivity contribution in [3.8, 4) is 0 Å². The molecule has 5 amide bonds. The largest absolute Gasteiger partial charge is 0.394 e. The van der Waals surface area contributed by atoms with E-state index >= 15 is 0 Å². The van der Waals surface area contributed by atoms with Crippen LogP contribution in [0.3, 0.4) is 0 Å². The van der Waals surface area contributed by atoms with Crippen molar-refractivity contribution in [3.63, 3.8) is 0 Å². The maximum Gasteiger partial charge on any atom is 0.224 e. The van der Waals surface area contributed by atoms with Crippen molar-refractivity contribution in [2.45, 2.75) is 103 Å². The summed E-state index contributed by atoms with van der Waals surface area (Å²) in [4.78, 5) is 117. The van der Waals surface area contributed by atoms with E-state index in [0.29, 0.717) is 32.2 Å². The zero-order valence-electron chi connectivity index (χ0n) is 31.0. The summed E-state index contributed by atoms with van der Waals surface area (Å²) < 4.78 is 0. The number of amides is 5. The molecule has 0 aromatic carbocycles. The van der Waals surface area contributed by atoms with Gasteiger partial charge in [-0.15, -0.1) is 0 Å². The highest BCUT2D eigenvalue weighted by atomic mass is 16.3. The van der Waals surface area contributed by atoms with Crippen LogP contribution in [0.25, 0.3) is 10.4 Å². The first-order chi connectivity index (χ1) is 25.5. The number of carbonyl (C=O) groups excluding carboxylic acids is 9. The molecule has 0 fully saturated rings. The fourth-order valence-corrected chi connectivity index (χ4v) is 4.83. The van der Waals surface area contributed by atoms with Gasteiger partial charge in [0.25, 0.3) is 0 Å².